The van der Waals surface area contributed by atoms with Gasteiger partial charge in [-0.1, -0.05) is 6.92 Å². The molecule has 0 spiro atoms. The van der Waals surface area contributed by atoms with Crippen LogP contribution in [-0.2, 0) is 10.9 Å². The Morgan fingerprint density at radius 3 is 2.43 bits per heavy atom. The maximum absolute atomic E-state index is 14.0. The van der Waals surface area contributed by atoms with Crippen LogP contribution in [0.15, 0.2) is 36.5 Å². The lowest BCUT2D eigenvalue weighted by Crippen LogP contribution is -2.53. The van der Waals surface area contributed by atoms with Gasteiger partial charge in [0.05, 0.1) is 29.6 Å². The number of halogens is 3. The molecule has 1 aliphatic rings. The van der Waals surface area contributed by atoms with Crippen molar-refractivity contribution in [2.24, 2.45) is 0 Å². The molecular weight excluding hydrogens is 461 g/mol. The number of benzene rings is 1. The highest BCUT2D eigenvalue weighted by Crippen LogP contribution is 2.41. The lowest BCUT2D eigenvalue weighted by Gasteiger charge is -2.42. The van der Waals surface area contributed by atoms with Crippen molar-refractivity contribution in [2.45, 2.75) is 46.3 Å². The number of anilines is 2. The minimum Gasteiger partial charge on any atom is -0.449 e. The normalized spacial score (nSPS) is 15.8. The van der Waals surface area contributed by atoms with E-state index in [0.29, 0.717) is 23.2 Å². The first-order chi connectivity index (χ1) is 16.6. The summed E-state index contributed by atoms with van der Waals surface area (Å²) in [6.07, 6.45) is -3.62. The van der Waals surface area contributed by atoms with Crippen LogP contribution in [-0.4, -0.2) is 41.2 Å². The zero-order valence-electron chi connectivity index (χ0n) is 19.8. The van der Waals surface area contributed by atoms with E-state index in [1.54, 1.807) is 31.2 Å². The van der Waals surface area contributed by atoms with Crippen LogP contribution in [0.3, 0.4) is 0 Å². The monoisotopic (exact) mass is 486 g/mol. The number of pyridine rings is 2. The highest BCUT2D eigenvalue weighted by molar-refractivity contribution is 6.12. The molecule has 3 heterocycles. The minimum atomic E-state index is -4.86. The summed E-state index contributed by atoms with van der Waals surface area (Å²) in [6.45, 7) is 7.41. The van der Waals surface area contributed by atoms with Crippen LogP contribution in [0.5, 0.6) is 0 Å². The van der Waals surface area contributed by atoms with Crippen molar-refractivity contribution in [3.63, 3.8) is 0 Å². The van der Waals surface area contributed by atoms with Gasteiger partial charge in [0.1, 0.15) is 0 Å². The van der Waals surface area contributed by atoms with E-state index in [4.69, 9.17) is 4.74 Å². The number of hydrogen-bond donors (Lipinski definition) is 0. The second-order valence-corrected chi connectivity index (χ2v) is 8.40. The van der Waals surface area contributed by atoms with Crippen LogP contribution in [0.4, 0.5) is 29.3 Å². The van der Waals surface area contributed by atoms with Crippen molar-refractivity contribution >= 4 is 34.4 Å². The maximum atomic E-state index is 14.0. The van der Waals surface area contributed by atoms with Crippen LogP contribution in [0, 0.1) is 13.8 Å². The fourth-order valence-electron chi connectivity index (χ4n) is 4.26. The zero-order valence-corrected chi connectivity index (χ0v) is 19.8. The van der Waals surface area contributed by atoms with Gasteiger partial charge in [0, 0.05) is 18.1 Å². The number of carbonyl (C=O) groups excluding carboxylic acids is 2. The molecule has 1 unspecified atom stereocenters. The molecule has 0 bridgehead atoms. The number of aryl methyl sites for hydroxylation is 2. The Balaban J connectivity index is 1.91. The highest BCUT2D eigenvalue weighted by Gasteiger charge is 2.42. The predicted molar refractivity (Wildman–Crippen MR) is 126 cm³/mol. The minimum absolute atomic E-state index is 0.00597. The van der Waals surface area contributed by atoms with Crippen LogP contribution in [0.1, 0.15) is 47.4 Å². The smallest absolute Gasteiger partial charge is 0.434 e. The number of alkyl halides is 3. The van der Waals surface area contributed by atoms with E-state index in [9.17, 15) is 22.8 Å². The molecule has 35 heavy (non-hydrogen) atoms. The molecule has 0 N–H and O–H groups in total. The van der Waals surface area contributed by atoms with Crippen LogP contribution < -0.4 is 9.80 Å². The molecule has 1 aliphatic heterocycles. The predicted octanol–water partition coefficient (Wildman–Crippen LogP) is 5.67. The lowest BCUT2D eigenvalue weighted by atomic mass is 9.99. The van der Waals surface area contributed by atoms with Crippen molar-refractivity contribution < 1.29 is 27.5 Å². The Morgan fingerprint density at radius 2 is 1.80 bits per heavy atom. The molecule has 1 atom stereocenters. The summed E-state index contributed by atoms with van der Waals surface area (Å²) >= 11 is 0. The second kappa shape index (κ2) is 9.16. The van der Waals surface area contributed by atoms with Gasteiger partial charge in [0.25, 0.3) is 5.91 Å². The van der Waals surface area contributed by atoms with Gasteiger partial charge in [-0.2, -0.15) is 13.2 Å². The van der Waals surface area contributed by atoms with Gasteiger partial charge in [-0.25, -0.2) is 14.8 Å². The van der Waals surface area contributed by atoms with E-state index in [2.05, 4.69) is 9.97 Å². The quantitative estimate of drug-likeness (QED) is 0.477. The first kappa shape index (κ1) is 24.4. The van der Waals surface area contributed by atoms with Gasteiger partial charge in [-0.3, -0.25) is 9.69 Å². The van der Waals surface area contributed by atoms with Crippen molar-refractivity contribution in [1.29, 1.82) is 0 Å². The summed E-state index contributed by atoms with van der Waals surface area (Å²) < 4.78 is 47.2. The Kier molecular flexibility index (Phi) is 6.40. The standard InChI is InChI=1S/C25H25F3N4O3/c1-5-17-13-31(19-10-14(3)15(4)11-20(19)32(17)24(34)35-6-2)23(33)18-12-16-8-7-9-29-22(16)30-21(18)25(26,27)28/h7-12,17H,5-6,13H2,1-4H3. The highest BCUT2D eigenvalue weighted by atomic mass is 19.4. The fraction of sp³-hybridized carbons (Fsp3) is 0.360. The van der Waals surface area contributed by atoms with E-state index >= 15 is 0 Å². The van der Waals surface area contributed by atoms with Gasteiger partial charge in [-0.15, -0.1) is 0 Å². The molecule has 0 radical (unpaired) electrons. The molecule has 0 saturated heterocycles. The summed E-state index contributed by atoms with van der Waals surface area (Å²) in [6, 6.07) is 7.29. The van der Waals surface area contributed by atoms with Crippen LogP contribution >= 0.6 is 0 Å². The Morgan fingerprint density at radius 1 is 1.11 bits per heavy atom. The molecule has 7 nitrogen and oxygen atoms in total. The lowest BCUT2D eigenvalue weighted by molar-refractivity contribution is -0.141. The molecule has 2 aromatic heterocycles. The molecule has 3 aromatic rings. The number of ether oxygens (including phenoxy) is 1. The second-order valence-electron chi connectivity index (χ2n) is 8.40. The number of nitrogens with zero attached hydrogens (tertiary/aromatic N) is 4. The van der Waals surface area contributed by atoms with Gasteiger partial charge in [-0.05, 0) is 68.7 Å². The van der Waals surface area contributed by atoms with Crippen molar-refractivity contribution in [2.75, 3.05) is 23.0 Å². The topological polar surface area (TPSA) is 75.6 Å². The molecule has 1 aromatic carbocycles. The summed E-state index contributed by atoms with van der Waals surface area (Å²) in [4.78, 5) is 37.0. The van der Waals surface area contributed by atoms with Gasteiger partial charge >= 0.3 is 12.3 Å². The third kappa shape index (κ3) is 4.40. The van der Waals surface area contributed by atoms with E-state index in [1.807, 2.05) is 20.8 Å². The summed E-state index contributed by atoms with van der Waals surface area (Å²) in [5, 5.41) is 0.321. The molecule has 2 amide bonds. The SMILES string of the molecule is CCOC(=O)N1c2cc(C)c(C)cc2N(C(=O)c2cc3cccnc3nc2C(F)(F)F)CC1CC. The van der Waals surface area contributed by atoms with Crippen molar-refractivity contribution in [1.82, 2.24) is 9.97 Å². The Hall–Kier alpha value is -3.69. The average Bonchev–Trinajstić information content (AvgIpc) is 2.82. The van der Waals surface area contributed by atoms with Crippen molar-refractivity contribution in [3.05, 3.63) is 58.9 Å². The van der Waals surface area contributed by atoms with Gasteiger partial charge in [0.2, 0.25) is 0 Å². The number of carbonyl (C=O) groups is 2. The molecule has 0 fully saturated rings. The summed E-state index contributed by atoms with van der Waals surface area (Å²) in [5.74, 6) is -0.845. The first-order valence-electron chi connectivity index (χ1n) is 11.3. The van der Waals surface area contributed by atoms with E-state index in [1.165, 1.54) is 22.1 Å². The van der Waals surface area contributed by atoms with E-state index in [0.717, 1.165) is 11.1 Å². The molecular formula is C25H25F3N4O3. The Bertz CT molecular complexity index is 1310. The third-order valence-electron chi connectivity index (χ3n) is 6.17. The largest absolute Gasteiger partial charge is 0.449 e. The van der Waals surface area contributed by atoms with Crippen molar-refractivity contribution in [3.8, 4) is 0 Å². The van der Waals surface area contributed by atoms with Crippen LogP contribution in [0.2, 0.25) is 0 Å². The summed E-state index contributed by atoms with van der Waals surface area (Å²) in [7, 11) is 0. The fourth-order valence-corrected chi connectivity index (χ4v) is 4.26. The number of rotatable bonds is 3. The Labute approximate surface area is 200 Å². The average molecular weight is 486 g/mol. The molecule has 10 heteroatoms. The number of fused-ring (bicyclic) bond motifs is 2. The third-order valence-corrected chi connectivity index (χ3v) is 6.17. The number of hydrogen-bond acceptors (Lipinski definition) is 5. The molecule has 0 saturated carbocycles. The zero-order chi connectivity index (χ0) is 25.5. The maximum Gasteiger partial charge on any atom is 0.434 e. The van der Waals surface area contributed by atoms with E-state index in [-0.39, 0.29) is 18.8 Å². The van der Waals surface area contributed by atoms with Crippen LogP contribution in [0.25, 0.3) is 11.0 Å². The first-order valence-corrected chi connectivity index (χ1v) is 11.3. The molecule has 0 aliphatic carbocycles. The molecule has 184 valence electrons. The number of amides is 2. The molecule has 4 rings (SSSR count). The van der Waals surface area contributed by atoms with E-state index < -0.39 is 35.5 Å². The number of aromatic nitrogens is 2. The summed E-state index contributed by atoms with van der Waals surface area (Å²) in [5.41, 5.74) is 0.509. The van der Waals surface area contributed by atoms with Gasteiger partial charge in [0.15, 0.2) is 11.3 Å². The van der Waals surface area contributed by atoms with Gasteiger partial charge < -0.3 is 9.64 Å².